The van der Waals surface area contributed by atoms with Crippen LogP contribution in [0.15, 0.2) is 34.7 Å². The number of piperidine rings is 3. The van der Waals surface area contributed by atoms with Gasteiger partial charge in [0, 0.05) is 12.1 Å². The van der Waals surface area contributed by atoms with Crippen molar-refractivity contribution in [2.45, 2.75) is 31.8 Å². The van der Waals surface area contributed by atoms with Crippen molar-refractivity contribution in [1.82, 2.24) is 15.2 Å². The highest BCUT2D eigenvalue weighted by Crippen LogP contribution is 2.32. The zero-order valence-corrected chi connectivity index (χ0v) is 14.3. The lowest BCUT2D eigenvalue weighted by atomic mass is 9.79. The molecule has 0 spiro atoms. The van der Waals surface area contributed by atoms with Crippen LogP contribution >= 0.6 is 11.6 Å². The molecule has 3 aliphatic rings. The van der Waals surface area contributed by atoms with Gasteiger partial charge in [-0.3, -0.25) is 9.69 Å². The number of nitrogens with one attached hydrogen (secondary N) is 1. The van der Waals surface area contributed by atoms with Gasteiger partial charge in [0.05, 0.1) is 0 Å². The van der Waals surface area contributed by atoms with Gasteiger partial charge < -0.3 is 9.73 Å². The van der Waals surface area contributed by atoms with Crippen LogP contribution < -0.4 is 5.32 Å². The largest absolute Gasteiger partial charge is 0.449 e. The Balaban J connectivity index is 1.49. The summed E-state index contributed by atoms with van der Waals surface area (Å²) in [5.41, 5.74) is 0.623. The molecule has 0 unspecified atom stereocenters. The van der Waals surface area contributed by atoms with E-state index in [9.17, 15) is 4.79 Å². The fourth-order valence-electron chi connectivity index (χ4n) is 3.91. The molecule has 126 valence electrons. The standard InChI is InChI=1S/C18H20ClN3O2/c1-11-17(12-7-9-22(11)10-8-12)21-18(23)15-6-5-14(24-15)13-3-2-4-16(19)20-13/h2-6,11-12,17H,7-10H2,1H3,(H,21,23)/t11-,17-/m0/s1. The number of hydrogen-bond donors (Lipinski definition) is 1. The molecular formula is C18H20ClN3O2. The first kappa shape index (κ1) is 15.7. The van der Waals surface area contributed by atoms with Crippen LogP contribution in [0, 0.1) is 5.92 Å². The molecule has 2 aromatic heterocycles. The van der Waals surface area contributed by atoms with Crippen molar-refractivity contribution in [3.63, 3.8) is 0 Å². The van der Waals surface area contributed by atoms with Crippen molar-refractivity contribution in [2.24, 2.45) is 5.92 Å². The van der Waals surface area contributed by atoms with E-state index in [1.807, 2.05) is 12.1 Å². The smallest absolute Gasteiger partial charge is 0.287 e. The van der Waals surface area contributed by atoms with E-state index in [1.54, 1.807) is 18.2 Å². The number of fused-ring (bicyclic) bond motifs is 3. The maximum atomic E-state index is 12.6. The maximum absolute atomic E-state index is 12.6. The van der Waals surface area contributed by atoms with E-state index < -0.39 is 0 Å². The summed E-state index contributed by atoms with van der Waals surface area (Å²) in [6.07, 6.45) is 2.32. The third-order valence-electron chi connectivity index (χ3n) is 5.27. The molecule has 2 bridgehead atoms. The van der Waals surface area contributed by atoms with Crippen molar-refractivity contribution in [3.05, 3.63) is 41.2 Å². The summed E-state index contributed by atoms with van der Waals surface area (Å²) in [6, 6.07) is 9.34. The molecule has 3 aliphatic heterocycles. The second-order valence-electron chi connectivity index (χ2n) is 6.62. The van der Waals surface area contributed by atoms with E-state index >= 15 is 0 Å². The second-order valence-corrected chi connectivity index (χ2v) is 7.01. The Morgan fingerprint density at radius 1 is 1.29 bits per heavy atom. The minimum atomic E-state index is -0.158. The molecule has 2 atom stereocenters. The number of aromatic nitrogens is 1. The van der Waals surface area contributed by atoms with Crippen LogP contribution in [-0.2, 0) is 0 Å². The van der Waals surface area contributed by atoms with Crippen LogP contribution in [0.3, 0.4) is 0 Å². The SMILES string of the molecule is C[C@H]1[C@H](NC(=O)c2ccc(-c3cccc(Cl)n3)o2)C2CCN1CC2. The van der Waals surface area contributed by atoms with Crippen molar-refractivity contribution >= 4 is 17.5 Å². The van der Waals surface area contributed by atoms with E-state index in [2.05, 4.69) is 22.1 Å². The van der Waals surface area contributed by atoms with Crippen molar-refractivity contribution in [1.29, 1.82) is 0 Å². The van der Waals surface area contributed by atoms with Crippen LogP contribution in [0.2, 0.25) is 5.15 Å². The summed E-state index contributed by atoms with van der Waals surface area (Å²) in [6.45, 7) is 4.48. The van der Waals surface area contributed by atoms with Crippen LogP contribution in [0.1, 0.15) is 30.3 Å². The van der Waals surface area contributed by atoms with Gasteiger partial charge in [-0.15, -0.1) is 0 Å². The number of halogens is 1. The number of pyridine rings is 1. The van der Waals surface area contributed by atoms with Gasteiger partial charge in [-0.05, 0) is 63.0 Å². The van der Waals surface area contributed by atoms with E-state index in [0.29, 0.717) is 34.3 Å². The Kier molecular flexibility index (Phi) is 4.06. The topological polar surface area (TPSA) is 58.4 Å². The summed E-state index contributed by atoms with van der Waals surface area (Å²) in [4.78, 5) is 19.2. The Morgan fingerprint density at radius 3 is 2.79 bits per heavy atom. The fourth-order valence-corrected chi connectivity index (χ4v) is 4.07. The Hall–Kier alpha value is -1.85. The molecule has 0 saturated carbocycles. The number of amides is 1. The second kappa shape index (κ2) is 6.22. The van der Waals surface area contributed by atoms with Gasteiger partial charge in [0.2, 0.25) is 0 Å². The molecule has 3 fully saturated rings. The average molecular weight is 346 g/mol. The summed E-state index contributed by atoms with van der Waals surface area (Å²) >= 11 is 5.91. The van der Waals surface area contributed by atoms with Crippen molar-refractivity contribution in [2.75, 3.05) is 13.1 Å². The van der Waals surface area contributed by atoms with E-state index in [1.165, 1.54) is 0 Å². The molecule has 0 aromatic carbocycles. The van der Waals surface area contributed by atoms with Crippen LogP contribution in [0.25, 0.3) is 11.5 Å². The van der Waals surface area contributed by atoms with Crippen LogP contribution in [-0.4, -0.2) is 41.0 Å². The van der Waals surface area contributed by atoms with Gasteiger partial charge in [0.25, 0.3) is 5.91 Å². The first-order chi connectivity index (χ1) is 11.6. The van der Waals surface area contributed by atoms with Crippen molar-refractivity contribution < 1.29 is 9.21 Å². The molecule has 5 rings (SSSR count). The third-order valence-corrected chi connectivity index (χ3v) is 5.48. The minimum absolute atomic E-state index is 0.158. The molecule has 6 heteroatoms. The minimum Gasteiger partial charge on any atom is -0.449 e. The predicted molar refractivity (Wildman–Crippen MR) is 92.0 cm³/mol. The summed E-state index contributed by atoms with van der Waals surface area (Å²) in [5.74, 6) is 1.27. The van der Waals surface area contributed by atoms with E-state index in [4.69, 9.17) is 16.0 Å². The lowest BCUT2D eigenvalue weighted by molar-refractivity contribution is 0.0211. The maximum Gasteiger partial charge on any atom is 0.287 e. The molecule has 1 N–H and O–H groups in total. The van der Waals surface area contributed by atoms with E-state index in [-0.39, 0.29) is 11.9 Å². The highest BCUT2D eigenvalue weighted by atomic mass is 35.5. The van der Waals surface area contributed by atoms with E-state index in [0.717, 1.165) is 25.9 Å². The van der Waals surface area contributed by atoms with Gasteiger partial charge >= 0.3 is 0 Å². The number of nitrogens with zero attached hydrogens (tertiary/aromatic N) is 2. The van der Waals surface area contributed by atoms with Crippen LogP contribution in [0.5, 0.6) is 0 Å². The molecule has 5 heterocycles. The third kappa shape index (κ3) is 2.82. The van der Waals surface area contributed by atoms with Crippen LogP contribution in [0.4, 0.5) is 0 Å². The van der Waals surface area contributed by atoms with Gasteiger partial charge in [0.15, 0.2) is 11.5 Å². The monoisotopic (exact) mass is 345 g/mol. The first-order valence-electron chi connectivity index (χ1n) is 8.39. The average Bonchev–Trinajstić information content (AvgIpc) is 3.09. The van der Waals surface area contributed by atoms with Gasteiger partial charge in [0.1, 0.15) is 10.8 Å². The zero-order chi connectivity index (χ0) is 16.7. The fraction of sp³-hybridized carbons (Fsp3) is 0.444. The zero-order valence-electron chi connectivity index (χ0n) is 13.5. The molecule has 1 amide bonds. The Labute approximate surface area is 146 Å². The normalized spacial score (nSPS) is 28.8. The quantitative estimate of drug-likeness (QED) is 0.868. The molecular weight excluding hydrogens is 326 g/mol. The molecule has 3 saturated heterocycles. The molecule has 5 nitrogen and oxygen atoms in total. The Bertz CT molecular complexity index is 750. The predicted octanol–water partition coefficient (Wildman–Crippen LogP) is 3.21. The van der Waals surface area contributed by atoms with Gasteiger partial charge in [-0.25, -0.2) is 4.98 Å². The first-order valence-corrected chi connectivity index (χ1v) is 8.77. The molecule has 2 aromatic rings. The van der Waals surface area contributed by atoms with Crippen molar-refractivity contribution in [3.8, 4) is 11.5 Å². The number of carbonyl (C=O) groups is 1. The van der Waals surface area contributed by atoms with Gasteiger partial charge in [-0.1, -0.05) is 17.7 Å². The molecule has 0 radical (unpaired) electrons. The number of rotatable bonds is 3. The Morgan fingerprint density at radius 2 is 2.08 bits per heavy atom. The summed E-state index contributed by atoms with van der Waals surface area (Å²) in [7, 11) is 0. The number of hydrogen-bond acceptors (Lipinski definition) is 4. The summed E-state index contributed by atoms with van der Waals surface area (Å²) in [5, 5.41) is 3.57. The highest BCUT2D eigenvalue weighted by molar-refractivity contribution is 6.29. The lowest BCUT2D eigenvalue weighted by Gasteiger charge is -2.49. The number of furan rings is 1. The lowest BCUT2D eigenvalue weighted by Crippen LogP contribution is -2.62. The molecule has 0 aliphatic carbocycles. The molecule has 24 heavy (non-hydrogen) atoms. The van der Waals surface area contributed by atoms with Gasteiger partial charge in [-0.2, -0.15) is 0 Å². The highest BCUT2D eigenvalue weighted by Gasteiger charge is 2.40. The summed E-state index contributed by atoms with van der Waals surface area (Å²) < 4.78 is 5.70. The number of carbonyl (C=O) groups excluding carboxylic acids is 1.